The maximum atomic E-state index is 13.9. The van der Waals surface area contributed by atoms with Gasteiger partial charge >= 0.3 is 0 Å². The minimum atomic E-state index is -0.807. The lowest BCUT2D eigenvalue weighted by molar-refractivity contribution is -0.144. The monoisotopic (exact) mass is 336 g/mol. The Morgan fingerprint density at radius 2 is 2.00 bits per heavy atom. The molecule has 2 fully saturated rings. The molecule has 2 saturated heterocycles. The van der Waals surface area contributed by atoms with Gasteiger partial charge in [0.25, 0.3) is 0 Å². The molecular weight excluding hydrogens is 314 g/mol. The van der Waals surface area contributed by atoms with Crippen LogP contribution in [-0.2, 0) is 9.59 Å². The van der Waals surface area contributed by atoms with Crippen molar-refractivity contribution in [3.05, 3.63) is 35.4 Å². The van der Waals surface area contributed by atoms with Gasteiger partial charge in [-0.15, -0.1) is 0 Å². The molecule has 2 atom stereocenters. The third-order valence-corrected chi connectivity index (χ3v) is 5.22. The van der Waals surface area contributed by atoms with Gasteiger partial charge in [0.15, 0.2) is 0 Å². The number of nitrogens with zero attached hydrogens (tertiary/aromatic N) is 1. The number of benzene rings is 1. The summed E-state index contributed by atoms with van der Waals surface area (Å²) in [5.41, 5.74) is -0.566. The number of nitrogens with one attached hydrogen (secondary N) is 1. The van der Waals surface area contributed by atoms with Gasteiger partial charge in [0.05, 0.1) is 6.04 Å². The molecule has 0 radical (unpaired) electrons. The molecule has 6 heteroatoms. The first-order valence-corrected chi connectivity index (χ1v) is 8.50. The second-order valence-electron chi connectivity index (χ2n) is 6.75. The van der Waals surface area contributed by atoms with Gasteiger partial charge in [0, 0.05) is 24.6 Å². The normalized spacial score (nSPS) is 25.1. The van der Waals surface area contributed by atoms with Crippen molar-refractivity contribution >= 4 is 11.8 Å². The average Bonchev–Trinajstić information content (AvgIpc) is 2.90. The van der Waals surface area contributed by atoms with Crippen molar-refractivity contribution in [3.8, 4) is 0 Å². The van der Waals surface area contributed by atoms with Crippen molar-refractivity contribution in [1.82, 2.24) is 10.2 Å². The highest BCUT2D eigenvalue weighted by atomic mass is 19.1. The zero-order chi connectivity index (χ0) is 17.3. The van der Waals surface area contributed by atoms with E-state index in [9.17, 15) is 18.4 Å². The maximum Gasteiger partial charge on any atom is 0.246 e. The summed E-state index contributed by atoms with van der Waals surface area (Å²) in [6.07, 6.45) is 4.20. The van der Waals surface area contributed by atoms with Crippen molar-refractivity contribution in [2.75, 3.05) is 6.54 Å². The minimum Gasteiger partial charge on any atom is -0.347 e. The van der Waals surface area contributed by atoms with Crippen LogP contribution in [0.5, 0.6) is 0 Å². The lowest BCUT2D eigenvalue weighted by atomic mass is 9.89. The van der Waals surface area contributed by atoms with E-state index >= 15 is 0 Å². The summed E-state index contributed by atoms with van der Waals surface area (Å²) < 4.78 is 27.0. The van der Waals surface area contributed by atoms with Crippen LogP contribution in [0.3, 0.4) is 0 Å². The molecule has 24 heavy (non-hydrogen) atoms. The second-order valence-corrected chi connectivity index (χ2v) is 6.75. The number of carbonyl (C=O) groups is 2. The molecule has 0 aliphatic carbocycles. The van der Waals surface area contributed by atoms with Gasteiger partial charge in [-0.1, -0.05) is 12.5 Å². The molecule has 1 aromatic rings. The molecule has 0 bridgehead atoms. The predicted octanol–water partition coefficient (Wildman–Crippen LogP) is 3.08. The minimum absolute atomic E-state index is 0.0285. The van der Waals surface area contributed by atoms with E-state index in [1.165, 1.54) is 12.1 Å². The fourth-order valence-electron chi connectivity index (χ4n) is 3.94. The van der Waals surface area contributed by atoms with E-state index in [2.05, 4.69) is 5.32 Å². The van der Waals surface area contributed by atoms with Crippen molar-refractivity contribution in [2.45, 2.75) is 57.0 Å². The van der Waals surface area contributed by atoms with Crippen molar-refractivity contribution in [2.24, 2.45) is 0 Å². The Hall–Kier alpha value is -1.98. The first kappa shape index (κ1) is 16.9. The SMILES string of the molecule is C[C@H](NC(=O)C12CCCCC(=O)N1CCC2)c1ccc(F)cc1F. The topological polar surface area (TPSA) is 49.4 Å². The van der Waals surface area contributed by atoms with Gasteiger partial charge in [0.1, 0.15) is 17.2 Å². The van der Waals surface area contributed by atoms with Crippen LogP contribution >= 0.6 is 0 Å². The Balaban J connectivity index is 1.81. The second kappa shape index (κ2) is 6.49. The van der Waals surface area contributed by atoms with Crippen LogP contribution in [0.15, 0.2) is 18.2 Å². The lowest BCUT2D eigenvalue weighted by Gasteiger charge is -2.36. The van der Waals surface area contributed by atoms with Gasteiger partial charge in [0.2, 0.25) is 11.8 Å². The van der Waals surface area contributed by atoms with E-state index in [1.54, 1.807) is 11.8 Å². The van der Waals surface area contributed by atoms with E-state index in [0.717, 1.165) is 25.3 Å². The average molecular weight is 336 g/mol. The van der Waals surface area contributed by atoms with Gasteiger partial charge in [-0.3, -0.25) is 9.59 Å². The number of amides is 2. The Labute approximate surface area is 140 Å². The van der Waals surface area contributed by atoms with Crippen LogP contribution in [0, 0.1) is 11.6 Å². The number of hydrogen-bond acceptors (Lipinski definition) is 2. The van der Waals surface area contributed by atoms with Crippen LogP contribution in [-0.4, -0.2) is 28.8 Å². The van der Waals surface area contributed by atoms with Crippen LogP contribution in [0.1, 0.15) is 57.1 Å². The van der Waals surface area contributed by atoms with E-state index in [-0.39, 0.29) is 17.4 Å². The molecule has 0 spiro atoms. The Morgan fingerprint density at radius 3 is 2.75 bits per heavy atom. The maximum absolute atomic E-state index is 13.9. The number of carbonyl (C=O) groups excluding carboxylic acids is 2. The number of rotatable bonds is 3. The first-order chi connectivity index (χ1) is 11.4. The van der Waals surface area contributed by atoms with Crippen LogP contribution < -0.4 is 5.32 Å². The van der Waals surface area contributed by atoms with Crippen molar-refractivity contribution in [3.63, 3.8) is 0 Å². The number of halogens is 2. The van der Waals surface area contributed by atoms with E-state index in [4.69, 9.17) is 0 Å². The predicted molar refractivity (Wildman–Crippen MR) is 85.1 cm³/mol. The quantitative estimate of drug-likeness (QED) is 0.922. The molecule has 1 N–H and O–H groups in total. The Bertz CT molecular complexity index is 664. The van der Waals surface area contributed by atoms with Crippen LogP contribution in [0.2, 0.25) is 0 Å². The number of fused-ring (bicyclic) bond motifs is 1. The fraction of sp³-hybridized carbons (Fsp3) is 0.556. The highest BCUT2D eigenvalue weighted by Gasteiger charge is 2.50. The highest BCUT2D eigenvalue weighted by molar-refractivity contribution is 5.92. The highest BCUT2D eigenvalue weighted by Crippen LogP contribution is 2.38. The van der Waals surface area contributed by atoms with Crippen LogP contribution in [0.25, 0.3) is 0 Å². The van der Waals surface area contributed by atoms with E-state index < -0.39 is 23.2 Å². The molecule has 3 rings (SSSR count). The molecular formula is C18H22F2N2O2. The smallest absolute Gasteiger partial charge is 0.246 e. The summed E-state index contributed by atoms with van der Waals surface area (Å²) in [5.74, 6) is -1.53. The molecule has 2 heterocycles. The zero-order valence-electron chi connectivity index (χ0n) is 13.8. The molecule has 1 unspecified atom stereocenters. The third kappa shape index (κ3) is 2.89. The fourth-order valence-corrected chi connectivity index (χ4v) is 3.94. The first-order valence-electron chi connectivity index (χ1n) is 8.50. The van der Waals surface area contributed by atoms with Gasteiger partial charge in [-0.2, -0.15) is 0 Å². The summed E-state index contributed by atoms with van der Waals surface area (Å²) in [7, 11) is 0. The number of hydrogen-bond donors (Lipinski definition) is 1. The molecule has 4 nitrogen and oxygen atoms in total. The molecule has 2 aliphatic rings. The van der Waals surface area contributed by atoms with Gasteiger partial charge < -0.3 is 10.2 Å². The molecule has 2 amide bonds. The Morgan fingerprint density at radius 1 is 1.25 bits per heavy atom. The molecule has 1 aromatic carbocycles. The van der Waals surface area contributed by atoms with E-state index in [1.807, 2.05) is 0 Å². The molecule has 2 aliphatic heterocycles. The summed E-state index contributed by atoms with van der Waals surface area (Å²) in [5, 5.41) is 2.84. The summed E-state index contributed by atoms with van der Waals surface area (Å²) in [6.45, 7) is 2.27. The van der Waals surface area contributed by atoms with E-state index in [0.29, 0.717) is 25.8 Å². The largest absolute Gasteiger partial charge is 0.347 e. The standard InChI is InChI=1S/C18H22F2N2O2/c1-12(14-7-6-13(19)11-15(14)20)21-17(24)18-8-3-2-5-16(23)22(18)10-4-9-18/h6-7,11-12H,2-5,8-10H2,1H3,(H,21,24)/t12-,18?/m0/s1. The van der Waals surface area contributed by atoms with Crippen molar-refractivity contribution < 1.29 is 18.4 Å². The van der Waals surface area contributed by atoms with Crippen molar-refractivity contribution in [1.29, 1.82) is 0 Å². The Kier molecular flexibility index (Phi) is 4.56. The summed E-state index contributed by atoms with van der Waals surface area (Å²) in [6, 6.07) is 2.75. The summed E-state index contributed by atoms with van der Waals surface area (Å²) in [4.78, 5) is 27.0. The van der Waals surface area contributed by atoms with Gasteiger partial charge in [-0.25, -0.2) is 8.78 Å². The zero-order valence-corrected chi connectivity index (χ0v) is 13.8. The molecule has 0 saturated carbocycles. The lowest BCUT2D eigenvalue weighted by Crippen LogP contribution is -2.56. The van der Waals surface area contributed by atoms with Crippen LogP contribution in [0.4, 0.5) is 8.78 Å². The van der Waals surface area contributed by atoms with Gasteiger partial charge in [-0.05, 0) is 38.7 Å². The third-order valence-electron chi connectivity index (χ3n) is 5.22. The molecule has 0 aromatic heterocycles. The summed E-state index contributed by atoms with van der Waals surface area (Å²) >= 11 is 0. The molecule has 130 valence electrons.